The Morgan fingerprint density at radius 3 is 1.59 bits per heavy atom. The molecule has 0 aromatic heterocycles. The van der Waals surface area contributed by atoms with Crippen LogP contribution in [0.1, 0.15) is 95.8 Å². The van der Waals surface area contributed by atoms with Crippen LogP contribution in [0.15, 0.2) is 16.1 Å². The molecule has 148 valence electrons. The first-order chi connectivity index (χ1) is 13.0. The minimum absolute atomic E-state index is 0.627. The Kier molecular flexibility index (Phi) is 6.89. The van der Waals surface area contributed by atoms with E-state index >= 15 is 0 Å². The molecule has 1 aromatic rings. The van der Waals surface area contributed by atoms with E-state index in [0.717, 1.165) is 12.8 Å². The van der Waals surface area contributed by atoms with Crippen molar-refractivity contribution >= 4 is 22.8 Å². The summed E-state index contributed by atoms with van der Waals surface area (Å²) in [7, 11) is 0. The van der Waals surface area contributed by atoms with Crippen molar-refractivity contribution in [1.82, 2.24) is 0 Å². The molecule has 0 spiro atoms. The summed E-state index contributed by atoms with van der Waals surface area (Å²) in [6, 6.07) is 2.40. The highest BCUT2D eigenvalue weighted by Crippen LogP contribution is 2.39. The summed E-state index contributed by atoms with van der Waals surface area (Å²) in [5.41, 5.74) is 9.37. The van der Waals surface area contributed by atoms with Crippen LogP contribution in [0.5, 0.6) is 0 Å². The van der Waals surface area contributed by atoms with E-state index in [1.165, 1.54) is 90.9 Å². The second-order valence-corrected chi connectivity index (χ2v) is 8.72. The largest absolute Gasteiger partial charge is 0.257 e. The van der Waals surface area contributed by atoms with Crippen LogP contribution in [0.4, 0.5) is 11.4 Å². The molecule has 2 fully saturated rings. The van der Waals surface area contributed by atoms with E-state index in [9.17, 15) is 0 Å². The summed E-state index contributed by atoms with van der Waals surface area (Å²) in [6.45, 7) is 11.5. The molecule has 0 N–H and O–H groups in total. The molecule has 2 atom stereocenters. The van der Waals surface area contributed by atoms with Crippen molar-refractivity contribution in [2.24, 2.45) is 21.8 Å². The van der Waals surface area contributed by atoms with Gasteiger partial charge in [-0.25, -0.2) is 0 Å². The first kappa shape index (κ1) is 20.3. The number of aliphatic imine (C=N–C) groups is 2. The van der Waals surface area contributed by atoms with E-state index in [2.05, 4.69) is 40.7 Å². The third kappa shape index (κ3) is 4.52. The SMILES string of the molecule is CCc1cc(CC)c(N=C2CCCCC2C)c(C)c1N=C1CCCCC1C. The topological polar surface area (TPSA) is 24.7 Å². The molecule has 0 amide bonds. The fourth-order valence-electron chi connectivity index (χ4n) is 4.75. The van der Waals surface area contributed by atoms with Crippen LogP contribution < -0.4 is 0 Å². The first-order valence-corrected chi connectivity index (χ1v) is 11.3. The number of benzene rings is 1. The Bertz CT molecular complexity index is 668. The number of aryl methyl sites for hydroxylation is 2. The van der Waals surface area contributed by atoms with Crippen molar-refractivity contribution in [2.75, 3.05) is 0 Å². The van der Waals surface area contributed by atoms with E-state index in [1.807, 2.05) is 0 Å². The molecule has 0 radical (unpaired) electrons. The summed E-state index contributed by atoms with van der Waals surface area (Å²) in [5, 5.41) is 0. The molecule has 0 heterocycles. The lowest BCUT2D eigenvalue weighted by atomic mass is 9.88. The third-order valence-electron chi connectivity index (χ3n) is 6.72. The van der Waals surface area contributed by atoms with Gasteiger partial charge in [-0.15, -0.1) is 0 Å². The van der Waals surface area contributed by atoms with Gasteiger partial charge in [-0.1, -0.05) is 46.6 Å². The standard InChI is InChI=1S/C25H38N2/c1-6-20-16-21(7-2)25(27-23-15-11-9-13-18(23)4)19(5)24(20)26-22-14-10-8-12-17(22)3/h16-18H,6-15H2,1-5H3. The van der Waals surface area contributed by atoms with Gasteiger partial charge in [0, 0.05) is 17.0 Å². The molecule has 2 aliphatic rings. The van der Waals surface area contributed by atoms with Crippen molar-refractivity contribution in [3.05, 3.63) is 22.8 Å². The summed E-state index contributed by atoms with van der Waals surface area (Å²) < 4.78 is 0. The fourth-order valence-corrected chi connectivity index (χ4v) is 4.75. The average Bonchev–Trinajstić information content (AvgIpc) is 2.68. The predicted molar refractivity (Wildman–Crippen MR) is 119 cm³/mol. The molecule has 0 bridgehead atoms. The van der Waals surface area contributed by atoms with Crippen molar-refractivity contribution < 1.29 is 0 Å². The van der Waals surface area contributed by atoms with Gasteiger partial charge in [-0.2, -0.15) is 0 Å². The van der Waals surface area contributed by atoms with Gasteiger partial charge in [0.05, 0.1) is 11.4 Å². The van der Waals surface area contributed by atoms with Crippen molar-refractivity contribution in [3.8, 4) is 0 Å². The quantitative estimate of drug-likeness (QED) is 0.522. The van der Waals surface area contributed by atoms with E-state index in [0.29, 0.717) is 11.8 Å². The lowest BCUT2D eigenvalue weighted by Crippen LogP contribution is -2.16. The highest BCUT2D eigenvalue weighted by Gasteiger charge is 2.21. The van der Waals surface area contributed by atoms with Gasteiger partial charge in [-0.3, -0.25) is 9.98 Å². The van der Waals surface area contributed by atoms with Gasteiger partial charge in [0.25, 0.3) is 0 Å². The molecular weight excluding hydrogens is 328 g/mol. The average molecular weight is 367 g/mol. The molecule has 2 aliphatic carbocycles. The highest BCUT2D eigenvalue weighted by molar-refractivity contribution is 5.92. The van der Waals surface area contributed by atoms with E-state index in [4.69, 9.17) is 9.98 Å². The van der Waals surface area contributed by atoms with Gasteiger partial charge in [-0.05, 0) is 81.3 Å². The molecule has 2 nitrogen and oxygen atoms in total. The van der Waals surface area contributed by atoms with Crippen LogP contribution >= 0.6 is 0 Å². The Hall–Kier alpha value is -1.44. The monoisotopic (exact) mass is 366 g/mol. The second kappa shape index (κ2) is 9.17. The zero-order chi connectivity index (χ0) is 19.4. The normalized spacial score (nSPS) is 26.7. The van der Waals surface area contributed by atoms with E-state index < -0.39 is 0 Å². The van der Waals surface area contributed by atoms with Gasteiger partial charge in [0.2, 0.25) is 0 Å². The lowest BCUT2D eigenvalue weighted by Gasteiger charge is -2.24. The number of nitrogens with zero attached hydrogens (tertiary/aromatic N) is 2. The summed E-state index contributed by atoms with van der Waals surface area (Å²) in [4.78, 5) is 10.5. The fraction of sp³-hybridized carbons (Fsp3) is 0.680. The first-order valence-electron chi connectivity index (χ1n) is 11.3. The summed E-state index contributed by atoms with van der Waals surface area (Å²) in [6.07, 6.45) is 12.3. The molecule has 2 heteroatoms. The molecule has 0 aliphatic heterocycles. The zero-order valence-electron chi connectivity index (χ0n) is 18.2. The number of hydrogen-bond donors (Lipinski definition) is 0. The van der Waals surface area contributed by atoms with Gasteiger partial charge in [0.15, 0.2) is 0 Å². The van der Waals surface area contributed by atoms with Gasteiger partial charge < -0.3 is 0 Å². The maximum absolute atomic E-state index is 5.26. The Morgan fingerprint density at radius 1 is 0.778 bits per heavy atom. The second-order valence-electron chi connectivity index (χ2n) is 8.72. The molecule has 3 rings (SSSR count). The minimum atomic E-state index is 0.627. The van der Waals surface area contributed by atoms with Gasteiger partial charge >= 0.3 is 0 Å². The van der Waals surface area contributed by atoms with Crippen LogP contribution in [0.2, 0.25) is 0 Å². The lowest BCUT2D eigenvalue weighted by molar-refractivity contribution is 0.559. The van der Waals surface area contributed by atoms with Crippen LogP contribution in [0, 0.1) is 18.8 Å². The summed E-state index contributed by atoms with van der Waals surface area (Å²) in [5.74, 6) is 1.25. The van der Waals surface area contributed by atoms with Crippen molar-refractivity contribution in [1.29, 1.82) is 0 Å². The predicted octanol–water partition coefficient (Wildman–Crippen LogP) is 7.69. The molecule has 2 unspecified atom stereocenters. The Labute approximate surface area is 166 Å². The molecule has 0 saturated heterocycles. The zero-order valence-corrected chi connectivity index (χ0v) is 18.2. The molecule has 27 heavy (non-hydrogen) atoms. The number of hydrogen-bond acceptors (Lipinski definition) is 2. The van der Waals surface area contributed by atoms with Crippen molar-refractivity contribution in [3.63, 3.8) is 0 Å². The van der Waals surface area contributed by atoms with Gasteiger partial charge in [0.1, 0.15) is 0 Å². The smallest absolute Gasteiger partial charge is 0.0711 e. The number of rotatable bonds is 4. The van der Waals surface area contributed by atoms with Crippen LogP contribution in [0.25, 0.3) is 0 Å². The van der Waals surface area contributed by atoms with Crippen LogP contribution in [-0.4, -0.2) is 11.4 Å². The third-order valence-corrected chi connectivity index (χ3v) is 6.72. The van der Waals surface area contributed by atoms with E-state index in [1.54, 1.807) is 0 Å². The van der Waals surface area contributed by atoms with Crippen LogP contribution in [0.3, 0.4) is 0 Å². The molecule has 2 saturated carbocycles. The van der Waals surface area contributed by atoms with E-state index in [-0.39, 0.29) is 0 Å². The van der Waals surface area contributed by atoms with Crippen molar-refractivity contribution in [2.45, 2.75) is 98.8 Å². The van der Waals surface area contributed by atoms with Crippen LogP contribution in [-0.2, 0) is 12.8 Å². The Balaban J connectivity index is 2.10. The highest BCUT2D eigenvalue weighted by atomic mass is 14.8. The minimum Gasteiger partial charge on any atom is -0.257 e. The molecule has 1 aromatic carbocycles. The Morgan fingerprint density at radius 2 is 1.22 bits per heavy atom. The maximum Gasteiger partial charge on any atom is 0.0711 e. The maximum atomic E-state index is 5.26. The molecular formula is C25H38N2. The summed E-state index contributed by atoms with van der Waals surface area (Å²) >= 11 is 0.